The summed E-state index contributed by atoms with van der Waals surface area (Å²) >= 11 is 6.29. The highest BCUT2D eigenvalue weighted by Crippen LogP contribution is 2.30. The van der Waals surface area contributed by atoms with Crippen molar-refractivity contribution in [1.29, 1.82) is 0 Å². The predicted molar refractivity (Wildman–Crippen MR) is 88.4 cm³/mol. The summed E-state index contributed by atoms with van der Waals surface area (Å²) in [4.78, 5) is 11.3. The monoisotopic (exact) mass is 319 g/mol. The summed E-state index contributed by atoms with van der Waals surface area (Å²) in [6.45, 7) is 6.06. The summed E-state index contributed by atoms with van der Waals surface area (Å²) in [5.74, 6) is 2.41. The van der Waals surface area contributed by atoms with Crippen LogP contribution in [-0.2, 0) is 19.9 Å². The van der Waals surface area contributed by atoms with Gasteiger partial charge in [0.05, 0.1) is 6.20 Å². The highest BCUT2D eigenvalue weighted by Gasteiger charge is 2.26. The number of hydrogen-bond donors (Lipinski definition) is 0. The first-order valence-electron chi connectivity index (χ1n) is 7.82. The second-order valence-electron chi connectivity index (χ2n) is 6.04. The topological polar surface area (TPSA) is 46.8 Å². The van der Waals surface area contributed by atoms with E-state index in [1.54, 1.807) is 0 Å². The van der Waals surface area contributed by atoms with Crippen molar-refractivity contribution >= 4 is 17.4 Å². The standard InChI is InChI=1S/C16H22ClN5/c1-4-14-15(17)19-11(2)20-16(14)22-6-5-12(10-22)7-13-8-18-21(3)9-13/h8-9,12H,4-7,10H2,1-3H3. The number of aryl methyl sites for hydroxylation is 2. The van der Waals surface area contributed by atoms with Crippen LogP contribution in [0.3, 0.4) is 0 Å². The van der Waals surface area contributed by atoms with Gasteiger partial charge in [0.15, 0.2) is 0 Å². The normalized spacial score (nSPS) is 18.2. The molecule has 1 fully saturated rings. The molecule has 1 aliphatic rings. The quantitative estimate of drug-likeness (QED) is 0.813. The van der Waals surface area contributed by atoms with Crippen LogP contribution in [0.1, 0.15) is 30.3 Å². The second kappa shape index (κ2) is 6.24. The van der Waals surface area contributed by atoms with Crippen molar-refractivity contribution in [2.24, 2.45) is 13.0 Å². The molecule has 0 aliphatic carbocycles. The van der Waals surface area contributed by atoms with E-state index in [9.17, 15) is 0 Å². The average molecular weight is 320 g/mol. The minimum Gasteiger partial charge on any atom is -0.356 e. The first kappa shape index (κ1) is 15.3. The van der Waals surface area contributed by atoms with Gasteiger partial charge in [-0.2, -0.15) is 5.10 Å². The molecular weight excluding hydrogens is 298 g/mol. The van der Waals surface area contributed by atoms with Crippen molar-refractivity contribution < 1.29 is 0 Å². The molecule has 0 radical (unpaired) electrons. The Morgan fingerprint density at radius 2 is 2.18 bits per heavy atom. The predicted octanol–water partition coefficient (Wildman–Crippen LogP) is 2.80. The van der Waals surface area contributed by atoms with E-state index in [1.807, 2.05) is 24.9 Å². The smallest absolute Gasteiger partial charge is 0.138 e. The van der Waals surface area contributed by atoms with Gasteiger partial charge in [0.25, 0.3) is 0 Å². The van der Waals surface area contributed by atoms with Crippen LogP contribution < -0.4 is 4.90 Å². The molecule has 0 bridgehead atoms. The molecule has 22 heavy (non-hydrogen) atoms. The Bertz CT molecular complexity index is 667. The van der Waals surface area contributed by atoms with Crippen molar-refractivity contribution in [3.05, 3.63) is 34.5 Å². The van der Waals surface area contributed by atoms with Crippen LogP contribution in [0, 0.1) is 12.8 Å². The van der Waals surface area contributed by atoms with Crippen molar-refractivity contribution in [3.63, 3.8) is 0 Å². The molecule has 6 heteroatoms. The fraction of sp³-hybridized carbons (Fsp3) is 0.562. The molecule has 3 rings (SSSR count). The molecule has 1 atom stereocenters. The van der Waals surface area contributed by atoms with Gasteiger partial charge in [-0.15, -0.1) is 0 Å². The first-order chi connectivity index (χ1) is 10.6. The van der Waals surface area contributed by atoms with Gasteiger partial charge in [0.1, 0.15) is 16.8 Å². The Hall–Kier alpha value is -1.62. The molecule has 2 aromatic heterocycles. The fourth-order valence-corrected chi connectivity index (χ4v) is 3.56. The summed E-state index contributed by atoms with van der Waals surface area (Å²) in [6, 6.07) is 0. The van der Waals surface area contributed by atoms with Gasteiger partial charge in [-0.25, -0.2) is 9.97 Å². The van der Waals surface area contributed by atoms with Crippen LogP contribution in [0.2, 0.25) is 5.15 Å². The van der Waals surface area contributed by atoms with Gasteiger partial charge in [-0.05, 0) is 37.7 Å². The Morgan fingerprint density at radius 1 is 1.36 bits per heavy atom. The summed E-state index contributed by atoms with van der Waals surface area (Å²) in [5.41, 5.74) is 2.37. The van der Waals surface area contributed by atoms with Crippen LogP contribution in [0.5, 0.6) is 0 Å². The van der Waals surface area contributed by atoms with Crippen molar-refractivity contribution in [2.75, 3.05) is 18.0 Å². The number of halogens is 1. The minimum atomic E-state index is 0.598. The van der Waals surface area contributed by atoms with Crippen molar-refractivity contribution in [1.82, 2.24) is 19.7 Å². The number of anilines is 1. The van der Waals surface area contributed by atoms with Gasteiger partial charge in [0, 0.05) is 31.9 Å². The molecule has 0 aromatic carbocycles. The van der Waals surface area contributed by atoms with Crippen LogP contribution in [0.15, 0.2) is 12.4 Å². The maximum Gasteiger partial charge on any atom is 0.138 e. The zero-order chi connectivity index (χ0) is 15.7. The second-order valence-corrected chi connectivity index (χ2v) is 6.40. The molecule has 1 saturated heterocycles. The van der Waals surface area contributed by atoms with E-state index < -0.39 is 0 Å². The molecule has 0 amide bonds. The zero-order valence-corrected chi connectivity index (χ0v) is 14.1. The Balaban J connectivity index is 1.75. The van der Waals surface area contributed by atoms with Gasteiger partial charge in [0.2, 0.25) is 0 Å². The van der Waals surface area contributed by atoms with Crippen LogP contribution >= 0.6 is 11.6 Å². The highest BCUT2D eigenvalue weighted by molar-refractivity contribution is 6.30. The maximum absolute atomic E-state index is 6.29. The highest BCUT2D eigenvalue weighted by atomic mass is 35.5. The molecule has 1 aliphatic heterocycles. The Kier molecular flexibility index (Phi) is 4.34. The lowest BCUT2D eigenvalue weighted by Gasteiger charge is -2.21. The van der Waals surface area contributed by atoms with Crippen LogP contribution in [-0.4, -0.2) is 32.8 Å². The molecule has 0 spiro atoms. The number of aromatic nitrogens is 4. The van der Waals surface area contributed by atoms with Gasteiger partial charge >= 0.3 is 0 Å². The molecular formula is C16H22ClN5. The summed E-state index contributed by atoms with van der Waals surface area (Å²) < 4.78 is 1.87. The molecule has 5 nitrogen and oxygen atoms in total. The first-order valence-corrected chi connectivity index (χ1v) is 8.20. The van der Waals surface area contributed by atoms with E-state index in [1.165, 1.54) is 12.0 Å². The van der Waals surface area contributed by atoms with Gasteiger partial charge in [-0.1, -0.05) is 18.5 Å². The number of hydrogen-bond acceptors (Lipinski definition) is 4. The number of nitrogens with zero attached hydrogens (tertiary/aromatic N) is 5. The SMILES string of the molecule is CCc1c(Cl)nc(C)nc1N1CCC(Cc2cnn(C)c2)C1. The Morgan fingerprint density at radius 3 is 2.86 bits per heavy atom. The third-order valence-electron chi connectivity index (χ3n) is 4.27. The molecule has 1 unspecified atom stereocenters. The lowest BCUT2D eigenvalue weighted by molar-refractivity contribution is 0.585. The molecule has 3 heterocycles. The van der Waals surface area contributed by atoms with Crippen molar-refractivity contribution in [2.45, 2.75) is 33.1 Å². The van der Waals surface area contributed by atoms with Gasteiger partial charge < -0.3 is 4.90 Å². The van der Waals surface area contributed by atoms with Gasteiger partial charge in [-0.3, -0.25) is 4.68 Å². The molecule has 2 aromatic rings. The third kappa shape index (κ3) is 3.09. The Labute approximate surface area is 136 Å². The lowest BCUT2D eigenvalue weighted by atomic mass is 10.0. The van der Waals surface area contributed by atoms with Crippen LogP contribution in [0.4, 0.5) is 5.82 Å². The van der Waals surface area contributed by atoms with E-state index >= 15 is 0 Å². The maximum atomic E-state index is 6.29. The average Bonchev–Trinajstić information content (AvgIpc) is 3.08. The lowest BCUT2D eigenvalue weighted by Crippen LogP contribution is -2.23. The minimum absolute atomic E-state index is 0.598. The summed E-state index contributed by atoms with van der Waals surface area (Å²) in [7, 11) is 1.96. The summed E-state index contributed by atoms with van der Waals surface area (Å²) in [5, 5.41) is 4.85. The van der Waals surface area contributed by atoms with E-state index in [0.717, 1.165) is 43.1 Å². The summed E-state index contributed by atoms with van der Waals surface area (Å²) in [6.07, 6.45) is 7.18. The van der Waals surface area contributed by atoms with E-state index in [4.69, 9.17) is 11.6 Å². The molecule has 118 valence electrons. The van der Waals surface area contributed by atoms with Crippen LogP contribution in [0.25, 0.3) is 0 Å². The largest absolute Gasteiger partial charge is 0.356 e. The molecule has 0 N–H and O–H groups in total. The van der Waals surface area contributed by atoms with Crippen molar-refractivity contribution in [3.8, 4) is 0 Å². The third-order valence-corrected chi connectivity index (χ3v) is 4.58. The number of rotatable bonds is 4. The van der Waals surface area contributed by atoms with E-state index in [2.05, 4.69) is 33.1 Å². The van der Waals surface area contributed by atoms with E-state index in [-0.39, 0.29) is 0 Å². The zero-order valence-electron chi connectivity index (χ0n) is 13.4. The molecule has 0 saturated carbocycles. The van der Waals surface area contributed by atoms with E-state index in [0.29, 0.717) is 11.1 Å². The fourth-order valence-electron chi connectivity index (χ4n) is 3.22.